The molecule has 1 atom stereocenters. The van der Waals surface area contributed by atoms with Crippen molar-refractivity contribution >= 4 is 21.6 Å². The number of halogens is 1. The Labute approximate surface area is 119 Å². The van der Waals surface area contributed by atoms with E-state index in [1.54, 1.807) is 12.1 Å². The van der Waals surface area contributed by atoms with E-state index in [1.807, 2.05) is 6.92 Å². The summed E-state index contributed by atoms with van der Waals surface area (Å²) in [5.74, 6) is 0.674. The van der Waals surface area contributed by atoms with Crippen molar-refractivity contribution in [1.82, 2.24) is 4.72 Å². The average molecular weight is 303 g/mol. The highest BCUT2D eigenvalue weighted by Gasteiger charge is 2.27. The van der Waals surface area contributed by atoms with Crippen LogP contribution in [0.1, 0.15) is 31.7 Å². The highest BCUT2D eigenvalue weighted by Crippen LogP contribution is 2.33. The molecule has 6 heteroatoms. The molecule has 1 unspecified atom stereocenters. The van der Waals surface area contributed by atoms with Gasteiger partial charge in [0.1, 0.15) is 4.90 Å². The highest BCUT2D eigenvalue weighted by molar-refractivity contribution is 7.89. The molecule has 0 aromatic heterocycles. The van der Waals surface area contributed by atoms with E-state index in [1.165, 1.54) is 18.9 Å². The van der Waals surface area contributed by atoms with Gasteiger partial charge in [-0.3, -0.25) is 0 Å². The van der Waals surface area contributed by atoms with Gasteiger partial charge in [0.05, 0.1) is 5.02 Å². The van der Waals surface area contributed by atoms with Gasteiger partial charge in [0.15, 0.2) is 0 Å². The molecule has 0 bridgehead atoms. The maximum absolute atomic E-state index is 12.2. The van der Waals surface area contributed by atoms with Crippen LogP contribution in [0.25, 0.3) is 0 Å². The fraction of sp³-hybridized carbons (Fsp3) is 0.538. The lowest BCUT2D eigenvalue weighted by molar-refractivity contribution is 0.530. The quantitative estimate of drug-likeness (QED) is 0.846. The minimum atomic E-state index is -3.56. The largest absolute Gasteiger partial charge is 0.326 e. The zero-order valence-electron chi connectivity index (χ0n) is 10.9. The first kappa shape index (κ1) is 14.8. The van der Waals surface area contributed by atoms with Crippen molar-refractivity contribution in [2.24, 2.45) is 11.7 Å². The molecule has 19 heavy (non-hydrogen) atoms. The summed E-state index contributed by atoms with van der Waals surface area (Å²) >= 11 is 6.02. The minimum absolute atomic E-state index is 0.0669. The molecule has 106 valence electrons. The molecule has 1 aliphatic carbocycles. The lowest BCUT2D eigenvalue weighted by Crippen LogP contribution is -2.33. The number of sulfonamides is 1. The Morgan fingerprint density at radius 3 is 2.68 bits per heavy atom. The van der Waals surface area contributed by atoms with Crippen molar-refractivity contribution in [2.45, 2.75) is 43.7 Å². The summed E-state index contributed by atoms with van der Waals surface area (Å²) in [6, 6.07) is 4.73. The summed E-state index contributed by atoms with van der Waals surface area (Å²) in [6.07, 6.45) is 3.30. The molecule has 0 saturated heterocycles. The zero-order chi connectivity index (χ0) is 14.0. The van der Waals surface area contributed by atoms with E-state index in [4.69, 9.17) is 17.3 Å². The fourth-order valence-corrected chi connectivity index (χ4v) is 3.94. The Balaban J connectivity index is 2.13. The second kappa shape index (κ2) is 5.79. The maximum atomic E-state index is 12.2. The summed E-state index contributed by atoms with van der Waals surface area (Å²) < 4.78 is 27.2. The Morgan fingerprint density at radius 1 is 1.47 bits per heavy atom. The molecule has 1 aliphatic rings. The number of nitrogens with one attached hydrogen (secondary N) is 1. The van der Waals surface area contributed by atoms with Crippen molar-refractivity contribution in [3.05, 3.63) is 28.8 Å². The summed E-state index contributed by atoms with van der Waals surface area (Å²) in [6.45, 7) is 2.23. The molecule has 0 heterocycles. The van der Waals surface area contributed by atoms with Crippen molar-refractivity contribution in [3.8, 4) is 0 Å². The molecule has 0 spiro atoms. The molecular formula is C13H19ClN2O2S. The van der Waals surface area contributed by atoms with E-state index >= 15 is 0 Å². The van der Waals surface area contributed by atoms with E-state index < -0.39 is 10.0 Å². The van der Waals surface area contributed by atoms with Gasteiger partial charge < -0.3 is 5.73 Å². The van der Waals surface area contributed by atoms with E-state index in [-0.39, 0.29) is 16.0 Å². The van der Waals surface area contributed by atoms with Crippen LogP contribution >= 0.6 is 11.6 Å². The fourth-order valence-electron chi connectivity index (χ4n) is 2.12. The SMILES string of the molecule is CC(CC1CC1)NS(=O)(=O)c1ccc(CN)cc1Cl. The molecule has 0 aliphatic heterocycles. The van der Waals surface area contributed by atoms with Crippen LogP contribution in [0.3, 0.4) is 0 Å². The Hall–Kier alpha value is -0.620. The van der Waals surface area contributed by atoms with Crippen molar-refractivity contribution in [3.63, 3.8) is 0 Å². The molecule has 2 rings (SSSR count). The second-order valence-corrected chi connectivity index (χ2v) is 7.26. The molecule has 1 aromatic carbocycles. The Kier molecular flexibility index (Phi) is 4.50. The van der Waals surface area contributed by atoms with E-state index in [0.29, 0.717) is 12.5 Å². The minimum Gasteiger partial charge on any atom is -0.326 e. The predicted octanol–water partition coefficient (Wildman–Crippen LogP) is 2.27. The van der Waals surface area contributed by atoms with E-state index in [9.17, 15) is 8.42 Å². The molecule has 1 saturated carbocycles. The van der Waals surface area contributed by atoms with E-state index in [0.717, 1.165) is 12.0 Å². The Bertz CT molecular complexity index is 556. The topological polar surface area (TPSA) is 72.2 Å². The summed E-state index contributed by atoms with van der Waals surface area (Å²) in [7, 11) is -3.56. The summed E-state index contributed by atoms with van der Waals surface area (Å²) in [4.78, 5) is 0.119. The maximum Gasteiger partial charge on any atom is 0.242 e. The van der Waals surface area contributed by atoms with Gasteiger partial charge in [-0.15, -0.1) is 0 Å². The van der Waals surface area contributed by atoms with Gasteiger partial charge >= 0.3 is 0 Å². The third-order valence-corrected chi connectivity index (χ3v) is 5.33. The summed E-state index contributed by atoms with van der Waals surface area (Å²) in [5, 5.41) is 0.217. The summed E-state index contributed by atoms with van der Waals surface area (Å²) in [5.41, 5.74) is 6.31. The van der Waals surface area contributed by atoms with Gasteiger partial charge in [-0.25, -0.2) is 13.1 Å². The van der Waals surface area contributed by atoms with E-state index in [2.05, 4.69) is 4.72 Å². The Morgan fingerprint density at radius 2 is 2.16 bits per heavy atom. The number of hydrogen-bond acceptors (Lipinski definition) is 3. The van der Waals surface area contributed by atoms with Crippen LogP contribution in [0, 0.1) is 5.92 Å². The van der Waals surface area contributed by atoms with Crippen molar-refractivity contribution in [2.75, 3.05) is 0 Å². The molecule has 0 amide bonds. The average Bonchev–Trinajstić information content (AvgIpc) is 3.11. The number of benzene rings is 1. The van der Waals surface area contributed by atoms with Gasteiger partial charge in [-0.2, -0.15) is 0 Å². The molecule has 1 fully saturated rings. The van der Waals surface area contributed by atoms with Crippen LogP contribution in [-0.2, 0) is 16.6 Å². The van der Waals surface area contributed by atoms with Crippen LogP contribution in [0.5, 0.6) is 0 Å². The first-order valence-corrected chi connectivity index (χ1v) is 8.29. The van der Waals surface area contributed by atoms with Crippen molar-refractivity contribution < 1.29 is 8.42 Å². The monoisotopic (exact) mass is 302 g/mol. The molecule has 3 N–H and O–H groups in total. The normalized spacial score (nSPS) is 17.4. The molecular weight excluding hydrogens is 284 g/mol. The lowest BCUT2D eigenvalue weighted by Gasteiger charge is -2.15. The molecule has 4 nitrogen and oxygen atoms in total. The smallest absolute Gasteiger partial charge is 0.242 e. The number of hydrogen-bond donors (Lipinski definition) is 2. The van der Waals surface area contributed by atoms with Gasteiger partial charge in [-0.05, 0) is 37.0 Å². The van der Waals surface area contributed by atoms with Crippen molar-refractivity contribution in [1.29, 1.82) is 0 Å². The first-order valence-electron chi connectivity index (χ1n) is 6.43. The second-order valence-electron chi connectivity index (χ2n) is 5.17. The number of nitrogens with two attached hydrogens (primary N) is 1. The standard InChI is InChI=1S/C13H19ClN2O2S/c1-9(6-10-2-3-10)16-19(17,18)13-5-4-11(8-15)7-12(13)14/h4-5,7,9-10,16H,2-3,6,8,15H2,1H3. The number of rotatable bonds is 6. The van der Waals surface area contributed by atoms with Gasteiger partial charge in [0.2, 0.25) is 10.0 Å². The zero-order valence-corrected chi connectivity index (χ0v) is 12.5. The van der Waals surface area contributed by atoms with Crippen LogP contribution in [0.15, 0.2) is 23.1 Å². The molecule has 1 aromatic rings. The van der Waals surface area contributed by atoms with Crippen LogP contribution in [0.4, 0.5) is 0 Å². The highest BCUT2D eigenvalue weighted by atomic mass is 35.5. The third-order valence-electron chi connectivity index (χ3n) is 3.26. The van der Waals surface area contributed by atoms with Gasteiger partial charge in [0.25, 0.3) is 0 Å². The van der Waals surface area contributed by atoms with Gasteiger partial charge in [0, 0.05) is 12.6 Å². The van der Waals surface area contributed by atoms with Gasteiger partial charge in [-0.1, -0.05) is 30.5 Å². The first-order chi connectivity index (χ1) is 8.92. The predicted molar refractivity (Wildman–Crippen MR) is 76.5 cm³/mol. The van der Waals surface area contributed by atoms with Crippen LogP contribution in [0.2, 0.25) is 5.02 Å². The third kappa shape index (κ3) is 3.92. The lowest BCUT2D eigenvalue weighted by atomic mass is 10.2. The molecule has 0 radical (unpaired) electrons. The van der Waals surface area contributed by atoms with Crippen LogP contribution < -0.4 is 10.5 Å². The van der Waals surface area contributed by atoms with Crippen LogP contribution in [-0.4, -0.2) is 14.5 Å².